The second-order valence-electron chi connectivity index (χ2n) is 5.46. The number of hydrogen-bond donors (Lipinski definition) is 0. The maximum absolute atomic E-state index is 12.2. The standard InChI is InChI=1S/C15H21NO3S/c17-15(10-14-2-1-9-20-14)16-6-3-12(4-7-16)19-13-5-8-18-11-13/h1-2,9,12-13H,3-8,10-11H2/t13-/m1/s1. The first-order valence-electron chi connectivity index (χ1n) is 7.34. The van der Waals surface area contributed by atoms with Crippen molar-refractivity contribution in [1.82, 2.24) is 4.90 Å². The van der Waals surface area contributed by atoms with Crippen molar-refractivity contribution in [2.24, 2.45) is 0 Å². The Morgan fingerprint density at radius 3 is 2.85 bits per heavy atom. The Kier molecular flexibility index (Phi) is 4.70. The molecule has 2 saturated heterocycles. The van der Waals surface area contributed by atoms with Crippen molar-refractivity contribution in [3.63, 3.8) is 0 Å². The highest BCUT2D eigenvalue weighted by Crippen LogP contribution is 2.20. The number of amides is 1. The molecule has 1 amide bonds. The largest absolute Gasteiger partial charge is 0.379 e. The average Bonchev–Trinajstić information content (AvgIpc) is 3.13. The van der Waals surface area contributed by atoms with Gasteiger partial charge in [-0.1, -0.05) is 6.07 Å². The van der Waals surface area contributed by atoms with Gasteiger partial charge in [-0.15, -0.1) is 11.3 Å². The fourth-order valence-corrected chi connectivity index (χ4v) is 3.50. The van der Waals surface area contributed by atoms with Gasteiger partial charge in [-0.05, 0) is 30.7 Å². The molecule has 0 unspecified atom stereocenters. The van der Waals surface area contributed by atoms with Crippen LogP contribution in [0.15, 0.2) is 17.5 Å². The summed E-state index contributed by atoms with van der Waals surface area (Å²) in [7, 11) is 0. The van der Waals surface area contributed by atoms with Crippen LogP contribution in [0.2, 0.25) is 0 Å². The number of ether oxygens (including phenoxy) is 2. The second-order valence-corrected chi connectivity index (χ2v) is 6.49. The van der Waals surface area contributed by atoms with Crippen LogP contribution in [0.4, 0.5) is 0 Å². The van der Waals surface area contributed by atoms with Crippen molar-refractivity contribution >= 4 is 17.2 Å². The minimum absolute atomic E-state index is 0.245. The van der Waals surface area contributed by atoms with Crippen LogP contribution >= 0.6 is 11.3 Å². The molecule has 0 radical (unpaired) electrons. The van der Waals surface area contributed by atoms with E-state index in [1.807, 2.05) is 22.4 Å². The molecule has 2 aliphatic rings. The minimum Gasteiger partial charge on any atom is -0.379 e. The molecule has 2 fully saturated rings. The number of nitrogens with zero attached hydrogens (tertiary/aromatic N) is 1. The van der Waals surface area contributed by atoms with Gasteiger partial charge in [0.1, 0.15) is 0 Å². The Labute approximate surface area is 123 Å². The lowest BCUT2D eigenvalue weighted by atomic mass is 10.1. The van der Waals surface area contributed by atoms with Gasteiger partial charge in [0.2, 0.25) is 5.91 Å². The zero-order valence-electron chi connectivity index (χ0n) is 11.6. The topological polar surface area (TPSA) is 38.8 Å². The highest BCUT2D eigenvalue weighted by Gasteiger charge is 2.26. The Bertz CT molecular complexity index is 420. The summed E-state index contributed by atoms with van der Waals surface area (Å²) in [6, 6.07) is 4.02. The minimum atomic E-state index is 0.245. The maximum atomic E-state index is 12.2. The van der Waals surface area contributed by atoms with Crippen LogP contribution in [-0.4, -0.2) is 49.3 Å². The highest BCUT2D eigenvalue weighted by atomic mass is 32.1. The molecular formula is C15H21NO3S. The molecular weight excluding hydrogens is 274 g/mol. The Balaban J connectivity index is 1.42. The molecule has 2 aliphatic heterocycles. The number of hydrogen-bond acceptors (Lipinski definition) is 4. The van der Waals surface area contributed by atoms with E-state index in [1.54, 1.807) is 11.3 Å². The summed E-state index contributed by atoms with van der Waals surface area (Å²) in [6.07, 6.45) is 4.03. The molecule has 0 spiro atoms. The molecule has 0 aromatic carbocycles. The Morgan fingerprint density at radius 1 is 1.35 bits per heavy atom. The molecule has 1 aromatic heterocycles. The lowest BCUT2D eigenvalue weighted by molar-refractivity contribution is -0.133. The van der Waals surface area contributed by atoms with E-state index in [9.17, 15) is 4.79 Å². The van der Waals surface area contributed by atoms with E-state index in [0.717, 1.165) is 50.4 Å². The Morgan fingerprint density at radius 2 is 2.20 bits per heavy atom. The molecule has 0 aliphatic carbocycles. The second kappa shape index (κ2) is 6.70. The molecule has 5 heteroatoms. The molecule has 3 rings (SSSR count). The first-order valence-corrected chi connectivity index (χ1v) is 8.22. The van der Waals surface area contributed by atoms with Crippen molar-refractivity contribution in [2.45, 2.75) is 37.9 Å². The number of piperidine rings is 1. The first kappa shape index (κ1) is 14.0. The normalized spacial score (nSPS) is 24.2. The lowest BCUT2D eigenvalue weighted by Gasteiger charge is -2.33. The highest BCUT2D eigenvalue weighted by molar-refractivity contribution is 7.10. The zero-order chi connectivity index (χ0) is 13.8. The summed E-state index contributed by atoms with van der Waals surface area (Å²) in [6.45, 7) is 3.20. The summed E-state index contributed by atoms with van der Waals surface area (Å²) < 4.78 is 11.4. The van der Waals surface area contributed by atoms with Crippen LogP contribution in [0.5, 0.6) is 0 Å². The van der Waals surface area contributed by atoms with E-state index in [4.69, 9.17) is 9.47 Å². The van der Waals surface area contributed by atoms with E-state index >= 15 is 0 Å². The van der Waals surface area contributed by atoms with Gasteiger partial charge < -0.3 is 14.4 Å². The van der Waals surface area contributed by atoms with E-state index < -0.39 is 0 Å². The third kappa shape index (κ3) is 3.59. The number of carbonyl (C=O) groups excluding carboxylic acids is 1. The molecule has 4 nitrogen and oxygen atoms in total. The summed E-state index contributed by atoms with van der Waals surface area (Å²) in [4.78, 5) is 15.3. The summed E-state index contributed by atoms with van der Waals surface area (Å²) in [5.74, 6) is 0.245. The predicted octanol–water partition coefficient (Wildman–Crippen LogP) is 2.09. The third-order valence-corrected chi connectivity index (χ3v) is 4.85. The lowest BCUT2D eigenvalue weighted by Crippen LogP contribution is -2.42. The van der Waals surface area contributed by atoms with Gasteiger partial charge in [-0.2, -0.15) is 0 Å². The fourth-order valence-electron chi connectivity index (χ4n) is 2.81. The predicted molar refractivity (Wildman–Crippen MR) is 77.9 cm³/mol. The van der Waals surface area contributed by atoms with Crippen molar-refractivity contribution in [2.75, 3.05) is 26.3 Å². The summed E-state index contributed by atoms with van der Waals surface area (Å²) >= 11 is 1.65. The summed E-state index contributed by atoms with van der Waals surface area (Å²) in [5.41, 5.74) is 0. The van der Waals surface area contributed by atoms with Gasteiger partial charge in [0, 0.05) is 24.6 Å². The van der Waals surface area contributed by atoms with E-state index in [2.05, 4.69) is 0 Å². The van der Waals surface area contributed by atoms with Gasteiger partial charge in [0.05, 0.1) is 25.2 Å². The van der Waals surface area contributed by atoms with E-state index in [0.29, 0.717) is 12.5 Å². The van der Waals surface area contributed by atoms with Crippen LogP contribution in [0.1, 0.15) is 24.1 Å². The van der Waals surface area contributed by atoms with E-state index in [1.165, 1.54) is 0 Å². The molecule has 0 bridgehead atoms. The van der Waals surface area contributed by atoms with Gasteiger partial charge >= 0.3 is 0 Å². The van der Waals surface area contributed by atoms with Crippen LogP contribution in [0, 0.1) is 0 Å². The number of rotatable bonds is 4. The molecule has 110 valence electrons. The van der Waals surface area contributed by atoms with Crippen LogP contribution in [-0.2, 0) is 20.7 Å². The first-order chi connectivity index (χ1) is 9.81. The third-order valence-electron chi connectivity index (χ3n) is 3.97. The number of carbonyl (C=O) groups is 1. The molecule has 3 heterocycles. The van der Waals surface area contributed by atoms with Crippen molar-refractivity contribution < 1.29 is 14.3 Å². The molecule has 1 aromatic rings. The Hall–Kier alpha value is -0.910. The van der Waals surface area contributed by atoms with Gasteiger partial charge in [-0.25, -0.2) is 0 Å². The molecule has 1 atom stereocenters. The molecule has 0 saturated carbocycles. The van der Waals surface area contributed by atoms with Gasteiger partial charge in [0.15, 0.2) is 0 Å². The average molecular weight is 295 g/mol. The van der Waals surface area contributed by atoms with Crippen molar-refractivity contribution in [3.05, 3.63) is 22.4 Å². The van der Waals surface area contributed by atoms with Crippen LogP contribution in [0.3, 0.4) is 0 Å². The zero-order valence-corrected chi connectivity index (χ0v) is 12.4. The van der Waals surface area contributed by atoms with Crippen molar-refractivity contribution in [3.8, 4) is 0 Å². The van der Waals surface area contributed by atoms with Crippen molar-refractivity contribution in [1.29, 1.82) is 0 Å². The van der Waals surface area contributed by atoms with Crippen LogP contribution in [0.25, 0.3) is 0 Å². The number of thiophene rings is 1. The fraction of sp³-hybridized carbons (Fsp3) is 0.667. The monoisotopic (exact) mass is 295 g/mol. The smallest absolute Gasteiger partial charge is 0.227 e. The number of likely N-dealkylation sites (tertiary alicyclic amines) is 1. The van der Waals surface area contributed by atoms with E-state index in [-0.39, 0.29) is 12.0 Å². The maximum Gasteiger partial charge on any atom is 0.227 e. The molecule has 20 heavy (non-hydrogen) atoms. The van der Waals surface area contributed by atoms with Gasteiger partial charge in [-0.3, -0.25) is 4.79 Å². The molecule has 0 N–H and O–H groups in total. The van der Waals surface area contributed by atoms with Gasteiger partial charge in [0.25, 0.3) is 0 Å². The summed E-state index contributed by atoms with van der Waals surface area (Å²) in [5, 5.41) is 2.02. The van der Waals surface area contributed by atoms with Crippen LogP contribution < -0.4 is 0 Å². The SMILES string of the molecule is O=C(Cc1cccs1)N1CCC(O[C@@H]2CCOC2)CC1. The quantitative estimate of drug-likeness (QED) is 0.854.